The molecule has 0 radical (unpaired) electrons. The Morgan fingerprint density at radius 1 is 1.29 bits per heavy atom. The molecule has 0 amide bonds. The summed E-state index contributed by atoms with van der Waals surface area (Å²) in [7, 11) is -3.48. The molecule has 0 fully saturated rings. The second kappa shape index (κ2) is 4.45. The molecule has 0 unspecified atom stereocenters. The number of nitrogens with zero attached hydrogens (tertiary/aromatic N) is 3. The van der Waals surface area contributed by atoms with Gasteiger partial charge in [0, 0.05) is 16.5 Å². The lowest BCUT2D eigenvalue weighted by Crippen LogP contribution is -1.94. The van der Waals surface area contributed by atoms with Gasteiger partial charge < -0.3 is 0 Å². The first-order chi connectivity index (χ1) is 6.67. The van der Waals surface area contributed by atoms with Crippen molar-refractivity contribution in [2.45, 2.75) is 4.90 Å². The molecule has 1 aromatic rings. The molecule has 0 saturated carbocycles. The van der Waals surface area contributed by atoms with Gasteiger partial charge in [0.1, 0.15) is 0 Å². The van der Waals surface area contributed by atoms with E-state index in [1.807, 2.05) is 0 Å². The molecule has 0 aliphatic carbocycles. The molecular formula is C8H7N3O2S. The smallest absolute Gasteiger partial charge is 0.199 e. The van der Waals surface area contributed by atoms with Crippen LogP contribution in [0.4, 0.5) is 0 Å². The SMILES string of the molecule is [N-]=[N+]=N/C=C/S(=O)(=O)c1ccccc1. The lowest BCUT2D eigenvalue weighted by Gasteiger charge is -1.95. The minimum atomic E-state index is -3.48. The molecule has 0 N–H and O–H groups in total. The zero-order chi connectivity index (χ0) is 10.4. The number of hydrogen-bond acceptors (Lipinski definition) is 3. The maximum Gasteiger partial charge on any atom is 0.199 e. The molecular weight excluding hydrogens is 202 g/mol. The van der Waals surface area contributed by atoms with Crippen LogP contribution in [-0.2, 0) is 9.84 Å². The fraction of sp³-hybridized carbons (Fsp3) is 0. The van der Waals surface area contributed by atoms with Crippen LogP contribution >= 0.6 is 0 Å². The molecule has 0 aliphatic heterocycles. The third-order valence-corrected chi connectivity index (χ3v) is 2.84. The summed E-state index contributed by atoms with van der Waals surface area (Å²) in [5.41, 5.74) is 7.95. The van der Waals surface area contributed by atoms with Crippen LogP contribution in [0.25, 0.3) is 10.4 Å². The molecule has 0 atom stereocenters. The molecule has 0 bridgehead atoms. The van der Waals surface area contributed by atoms with Crippen molar-refractivity contribution >= 4 is 9.84 Å². The van der Waals surface area contributed by atoms with E-state index in [2.05, 4.69) is 10.0 Å². The van der Waals surface area contributed by atoms with Crippen molar-refractivity contribution in [2.75, 3.05) is 0 Å². The number of azide groups is 1. The molecule has 0 aliphatic rings. The molecule has 0 spiro atoms. The number of benzene rings is 1. The highest BCUT2D eigenvalue weighted by Crippen LogP contribution is 2.10. The highest BCUT2D eigenvalue weighted by atomic mass is 32.2. The van der Waals surface area contributed by atoms with E-state index >= 15 is 0 Å². The average molecular weight is 209 g/mol. The third-order valence-electron chi connectivity index (χ3n) is 1.43. The van der Waals surface area contributed by atoms with Gasteiger partial charge in [-0.15, -0.1) is 0 Å². The third kappa shape index (κ3) is 2.62. The zero-order valence-corrected chi connectivity index (χ0v) is 7.92. The van der Waals surface area contributed by atoms with Gasteiger partial charge in [0.15, 0.2) is 9.84 Å². The predicted octanol–water partition coefficient (Wildman–Crippen LogP) is 2.24. The van der Waals surface area contributed by atoms with Crippen LogP contribution in [0.2, 0.25) is 0 Å². The summed E-state index contributed by atoms with van der Waals surface area (Å²) in [4.78, 5) is 2.58. The molecule has 0 aromatic heterocycles. The van der Waals surface area contributed by atoms with E-state index in [-0.39, 0.29) is 4.90 Å². The van der Waals surface area contributed by atoms with Gasteiger partial charge in [-0.3, -0.25) is 0 Å². The van der Waals surface area contributed by atoms with E-state index in [0.717, 1.165) is 11.6 Å². The highest BCUT2D eigenvalue weighted by molar-refractivity contribution is 7.94. The lowest BCUT2D eigenvalue weighted by molar-refractivity contribution is 0.604. The van der Waals surface area contributed by atoms with Crippen LogP contribution in [0.3, 0.4) is 0 Å². The van der Waals surface area contributed by atoms with Crippen molar-refractivity contribution in [3.05, 3.63) is 52.4 Å². The fourth-order valence-electron chi connectivity index (χ4n) is 0.826. The Balaban J connectivity index is 3.04. The maximum absolute atomic E-state index is 11.4. The van der Waals surface area contributed by atoms with E-state index in [1.165, 1.54) is 12.1 Å². The van der Waals surface area contributed by atoms with Crippen LogP contribution < -0.4 is 0 Å². The summed E-state index contributed by atoms with van der Waals surface area (Å²) in [6, 6.07) is 7.89. The molecule has 72 valence electrons. The molecule has 5 nitrogen and oxygen atoms in total. The maximum atomic E-state index is 11.4. The van der Waals surface area contributed by atoms with Gasteiger partial charge in [0.2, 0.25) is 0 Å². The average Bonchev–Trinajstić information content (AvgIpc) is 2.19. The van der Waals surface area contributed by atoms with Gasteiger partial charge in [0.25, 0.3) is 0 Å². The van der Waals surface area contributed by atoms with Crippen molar-refractivity contribution < 1.29 is 8.42 Å². The Labute approximate surface area is 81.2 Å². The van der Waals surface area contributed by atoms with E-state index in [1.54, 1.807) is 18.2 Å². The second-order valence-electron chi connectivity index (χ2n) is 2.35. The lowest BCUT2D eigenvalue weighted by atomic mass is 10.4. The van der Waals surface area contributed by atoms with Crippen LogP contribution in [-0.4, -0.2) is 8.42 Å². The van der Waals surface area contributed by atoms with Gasteiger partial charge in [-0.05, 0) is 17.7 Å². The molecule has 0 heterocycles. The van der Waals surface area contributed by atoms with Gasteiger partial charge in [0.05, 0.1) is 4.90 Å². The monoisotopic (exact) mass is 209 g/mol. The van der Waals surface area contributed by atoms with Crippen LogP contribution in [0.1, 0.15) is 0 Å². The summed E-state index contributed by atoms with van der Waals surface area (Å²) >= 11 is 0. The summed E-state index contributed by atoms with van der Waals surface area (Å²) in [6.45, 7) is 0. The summed E-state index contributed by atoms with van der Waals surface area (Å²) in [5.74, 6) is 0. The first-order valence-corrected chi connectivity index (χ1v) is 5.22. The highest BCUT2D eigenvalue weighted by Gasteiger charge is 2.07. The van der Waals surface area contributed by atoms with Crippen molar-refractivity contribution in [3.8, 4) is 0 Å². The zero-order valence-electron chi connectivity index (χ0n) is 7.11. The van der Waals surface area contributed by atoms with Gasteiger partial charge >= 0.3 is 0 Å². The molecule has 6 heteroatoms. The summed E-state index contributed by atoms with van der Waals surface area (Å²) < 4.78 is 22.9. The first kappa shape index (κ1) is 10.3. The van der Waals surface area contributed by atoms with Crippen molar-refractivity contribution in [1.82, 2.24) is 0 Å². The number of sulfone groups is 1. The van der Waals surface area contributed by atoms with Crippen molar-refractivity contribution in [2.24, 2.45) is 5.11 Å². The van der Waals surface area contributed by atoms with E-state index in [9.17, 15) is 8.42 Å². The van der Waals surface area contributed by atoms with Gasteiger partial charge in [-0.25, -0.2) is 8.42 Å². The van der Waals surface area contributed by atoms with Gasteiger partial charge in [-0.1, -0.05) is 23.3 Å². The Kier molecular flexibility index (Phi) is 3.28. The summed E-state index contributed by atoms with van der Waals surface area (Å²) in [5, 5.41) is 3.87. The topological polar surface area (TPSA) is 82.9 Å². The van der Waals surface area contributed by atoms with Crippen LogP contribution in [0.15, 0.2) is 51.9 Å². The van der Waals surface area contributed by atoms with Crippen molar-refractivity contribution in [3.63, 3.8) is 0 Å². The van der Waals surface area contributed by atoms with E-state index in [4.69, 9.17) is 5.53 Å². The largest absolute Gasteiger partial charge is 0.219 e. The van der Waals surface area contributed by atoms with Crippen molar-refractivity contribution in [1.29, 1.82) is 0 Å². The minimum Gasteiger partial charge on any atom is -0.219 e. The second-order valence-corrected chi connectivity index (χ2v) is 4.18. The fourth-order valence-corrected chi connectivity index (χ4v) is 1.73. The Hall–Kier alpha value is -1.78. The first-order valence-electron chi connectivity index (χ1n) is 3.68. The molecule has 14 heavy (non-hydrogen) atoms. The van der Waals surface area contributed by atoms with Crippen LogP contribution in [0.5, 0.6) is 0 Å². The minimum absolute atomic E-state index is 0.171. The Morgan fingerprint density at radius 3 is 2.50 bits per heavy atom. The molecule has 1 aromatic carbocycles. The predicted molar refractivity (Wildman–Crippen MR) is 51.9 cm³/mol. The number of hydrogen-bond donors (Lipinski definition) is 0. The Morgan fingerprint density at radius 2 is 1.93 bits per heavy atom. The quantitative estimate of drug-likeness (QED) is 0.434. The van der Waals surface area contributed by atoms with Crippen LogP contribution in [0, 0.1) is 0 Å². The molecule has 0 saturated heterocycles. The Bertz CT molecular complexity index is 473. The molecule has 1 rings (SSSR count). The normalized spacial score (nSPS) is 11.1. The standard InChI is InChI=1S/C8H7N3O2S/c9-11-10-6-7-14(12,13)8-4-2-1-3-5-8/h1-7H/b7-6+. The van der Waals surface area contributed by atoms with E-state index < -0.39 is 9.84 Å². The van der Waals surface area contributed by atoms with Gasteiger partial charge in [-0.2, -0.15) is 0 Å². The van der Waals surface area contributed by atoms with E-state index in [0.29, 0.717) is 0 Å². The summed E-state index contributed by atoms with van der Waals surface area (Å²) in [6.07, 6.45) is 0.905. The number of rotatable bonds is 3.